The summed E-state index contributed by atoms with van der Waals surface area (Å²) in [4.78, 5) is 0. The first-order valence-corrected chi connectivity index (χ1v) is 5.74. The van der Waals surface area contributed by atoms with E-state index in [-0.39, 0.29) is 6.61 Å². The van der Waals surface area contributed by atoms with Crippen LogP contribution >= 0.6 is 0 Å². The minimum absolute atomic E-state index is 0.0307. The molecule has 0 saturated heterocycles. The Morgan fingerprint density at radius 2 is 2.12 bits per heavy atom. The highest BCUT2D eigenvalue weighted by Crippen LogP contribution is 2.33. The summed E-state index contributed by atoms with van der Waals surface area (Å²) in [5, 5.41) is 9.05. The van der Waals surface area contributed by atoms with Crippen LogP contribution in [-0.2, 0) is 6.61 Å². The van der Waals surface area contributed by atoms with Crippen molar-refractivity contribution in [1.29, 1.82) is 0 Å². The summed E-state index contributed by atoms with van der Waals surface area (Å²) >= 11 is 0. The first kappa shape index (κ1) is 11.3. The quantitative estimate of drug-likeness (QED) is 0.803. The number of aliphatic hydroxyl groups is 1. The molecule has 16 heavy (non-hydrogen) atoms. The molecule has 1 aromatic carbocycles. The average molecular weight is 222 g/mol. The van der Waals surface area contributed by atoms with Crippen LogP contribution < -0.4 is 9.47 Å². The summed E-state index contributed by atoms with van der Waals surface area (Å²) in [5.41, 5.74) is 0.849. The molecule has 0 aromatic heterocycles. The van der Waals surface area contributed by atoms with Gasteiger partial charge in [0.25, 0.3) is 0 Å². The van der Waals surface area contributed by atoms with Gasteiger partial charge in [-0.2, -0.15) is 0 Å². The molecule has 3 heteroatoms. The summed E-state index contributed by atoms with van der Waals surface area (Å²) in [5.74, 6) is 2.33. The molecule has 0 spiro atoms. The number of benzene rings is 1. The zero-order valence-corrected chi connectivity index (χ0v) is 9.61. The molecule has 1 N–H and O–H groups in total. The van der Waals surface area contributed by atoms with Gasteiger partial charge >= 0.3 is 0 Å². The Balaban J connectivity index is 1.97. The van der Waals surface area contributed by atoms with Crippen LogP contribution in [-0.4, -0.2) is 18.8 Å². The van der Waals surface area contributed by atoms with E-state index in [1.807, 2.05) is 18.2 Å². The van der Waals surface area contributed by atoms with Crippen LogP contribution in [0.25, 0.3) is 0 Å². The van der Waals surface area contributed by atoms with Gasteiger partial charge in [-0.25, -0.2) is 0 Å². The third kappa shape index (κ3) is 2.89. The number of methoxy groups -OCH3 is 1. The molecule has 0 bridgehead atoms. The van der Waals surface area contributed by atoms with Crippen molar-refractivity contribution in [3.8, 4) is 11.5 Å². The average Bonchev–Trinajstić information content (AvgIpc) is 3.13. The lowest BCUT2D eigenvalue weighted by Gasteiger charge is -2.11. The largest absolute Gasteiger partial charge is 0.493 e. The first-order chi connectivity index (χ1) is 7.83. The monoisotopic (exact) mass is 222 g/mol. The molecule has 0 atom stereocenters. The van der Waals surface area contributed by atoms with Crippen LogP contribution in [0.1, 0.15) is 24.8 Å². The summed E-state index contributed by atoms with van der Waals surface area (Å²) in [7, 11) is 1.63. The SMILES string of the molecule is COc1ccc(CO)cc1OCCC1CC1. The molecule has 0 aliphatic heterocycles. The standard InChI is InChI=1S/C13H18O3/c1-15-12-5-4-11(9-14)8-13(12)16-7-6-10-2-3-10/h4-5,8,10,14H,2-3,6-7,9H2,1H3. The van der Waals surface area contributed by atoms with E-state index in [1.54, 1.807) is 7.11 Å². The maximum absolute atomic E-state index is 9.05. The third-order valence-electron chi connectivity index (χ3n) is 2.89. The maximum atomic E-state index is 9.05. The molecule has 1 aliphatic rings. The Bertz CT molecular complexity index is 345. The number of ether oxygens (including phenoxy) is 2. The van der Waals surface area contributed by atoms with Crippen molar-refractivity contribution in [3.05, 3.63) is 23.8 Å². The minimum atomic E-state index is 0.0307. The second-order valence-electron chi connectivity index (χ2n) is 4.22. The normalized spacial score (nSPS) is 14.9. The highest BCUT2D eigenvalue weighted by Gasteiger charge is 2.20. The third-order valence-corrected chi connectivity index (χ3v) is 2.89. The van der Waals surface area contributed by atoms with Gasteiger partial charge < -0.3 is 14.6 Å². The second-order valence-corrected chi connectivity index (χ2v) is 4.22. The highest BCUT2D eigenvalue weighted by atomic mass is 16.5. The van der Waals surface area contributed by atoms with Crippen molar-refractivity contribution >= 4 is 0 Å². The van der Waals surface area contributed by atoms with Crippen molar-refractivity contribution < 1.29 is 14.6 Å². The topological polar surface area (TPSA) is 38.7 Å². The van der Waals surface area contributed by atoms with Crippen LogP contribution in [0.15, 0.2) is 18.2 Å². The number of aliphatic hydroxyl groups excluding tert-OH is 1. The number of hydrogen-bond acceptors (Lipinski definition) is 3. The van der Waals surface area contributed by atoms with Gasteiger partial charge in [0.05, 0.1) is 20.3 Å². The Morgan fingerprint density at radius 3 is 2.75 bits per heavy atom. The smallest absolute Gasteiger partial charge is 0.161 e. The minimum Gasteiger partial charge on any atom is -0.493 e. The predicted octanol–water partition coefficient (Wildman–Crippen LogP) is 2.37. The molecule has 0 unspecified atom stereocenters. The fraction of sp³-hybridized carbons (Fsp3) is 0.538. The lowest BCUT2D eigenvalue weighted by atomic mass is 10.2. The Hall–Kier alpha value is -1.22. The molecule has 1 saturated carbocycles. The molecule has 3 nitrogen and oxygen atoms in total. The first-order valence-electron chi connectivity index (χ1n) is 5.74. The number of rotatable bonds is 6. The highest BCUT2D eigenvalue weighted by molar-refractivity contribution is 5.42. The molecular weight excluding hydrogens is 204 g/mol. The van der Waals surface area contributed by atoms with Crippen LogP contribution in [0.5, 0.6) is 11.5 Å². The molecular formula is C13H18O3. The van der Waals surface area contributed by atoms with E-state index in [2.05, 4.69) is 0 Å². The van der Waals surface area contributed by atoms with E-state index in [0.717, 1.165) is 36.0 Å². The van der Waals surface area contributed by atoms with E-state index in [0.29, 0.717) is 0 Å². The van der Waals surface area contributed by atoms with Gasteiger partial charge in [0.15, 0.2) is 11.5 Å². The molecule has 1 aliphatic carbocycles. The van der Waals surface area contributed by atoms with Crippen molar-refractivity contribution in [2.24, 2.45) is 5.92 Å². The summed E-state index contributed by atoms with van der Waals surface area (Å²) in [6, 6.07) is 5.51. The molecule has 1 aromatic rings. The Morgan fingerprint density at radius 1 is 1.31 bits per heavy atom. The zero-order chi connectivity index (χ0) is 11.4. The molecule has 0 amide bonds. The van der Waals surface area contributed by atoms with Crippen LogP contribution in [0.4, 0.5) is 0 Å². The van der Waals surface area contributed by atoms with Gasteiger partial charge in [-0.3, -0.25) is 0 Å². The Labute approximate surface area is 96.0 Å². The van der Waals surface area contributed by atoms with Gasteiger partial charge in [-0.05, 0) is 30.0 Å². The Kier molecular flexibility index (Phi) is 3.67. The maximum Gasteiger partial charge on any atom is 0.161 e. The van der Waals surface area contributed by atoms with E-state index < -0.39 is 0 Å². The van der Waals surface area contributed by atoms with Crippen molar-refractivity contribution in [1.82, 2.24) is 0 Å². The van der Waals surface area contributed by atoms with Crippen LogP contribution in [0, 0.1) is 5.92 Å². The molecule has 2 rings (SSSR count). The van der Waals surface area contributed by atoms with Gasteiger partial charge in [0.2, 0.25) is 0 Å². The molecule has 0 heterocycles. The fourth-order valence-electron chi connectivity index (χ4n) is 1.67. The van der Waals surface area contributed by atoms with Gasteiger partial charge in [-0.1, -0.05) is 18.9 Å². The van der Waals surface area contributed by atoms with Gasteiger partial charge in [0, 0.05) is 0 Å². The van der Waals surface area contributed by atoms with Crippen molar-refractivity contribution in [2.45, 2.75) is 25.9 Å². The summed E-state index contributed by atoms with van der Waals surface area (Å²) < 4.78 is 10.9. The molecule has 0 radical (unpaired) electrons. The lowest BCUT2D eigenvalue weighted by molar-refractivity contribution is 0.271. The van der Waals surface area contributed by atoms with E-state index in [1.165, 1.54) is 12.8 Å². The summed E-state index contributed by atoms with van der Waals surface area (Å²) in [6.45, 7) is 0.763. The zero-order valence-electron chi connectivity index (χ0n) is 9.61. The van der Waals surface area contributed by atoms with Crippen LogP contribution in [0.2, 0.25) is 0 Å². The predicted molar refractivity (Wildman–Crippen MR) is 61.8 cm³/mol. The summed E-state index contributed by atoms with van der Waals surface area (Å²) in [6.07, 6.45) is 3.81. The van der Waals surface area contributed by atoms with Gasteiger partial charge in [-0.15, -0.1) is 0 Å². The fourth-order valence-corrected chi connectivity index (χ4v) is 1.67. The van der Waals surface area contributed by atoms with Crippen molar-refractivity contribution in [3.63, 3.8) is 0 Å². The van der Waals surface area contributed by atoms with Gasteiger partial charge in [0.1, 0.15) is 0 Å². The van der Waals surface area contributed by atoms with Crippen molar-refractivity contribution in [2.75, 3.05) is 13.7 Å². The molecule has 1 fully saturated rings. The van der Waals surface area contributed by atoms with E-state index in [9.17, 15) is 0 Å². The molecule has 88 valence electrons. The number of hydrogen-bond donors (Lipinski definition) is 1. The second kappa shape index (κ2) is 5.21. The lowest BCUT2D eigenvalue weighted by Crippen LogP contribution is -2.00. The van der Waals surface area contributed by atoms with E-state index in [4.69, 9.17) is 14.6 Å². The van der Waals surface area contributed by atoms with Crippen LogP contribution in [0.3, 0.4) is 0 Å². The van der Waals surface area contributed by atoms with E-state index >= 15 is 0 Å².